The normalized spacial score (nSPS) is 7.26. The zero-order valence-corrected chi connectivity index (χ0v) is 32.2. The summed E-state index contributed by atoms with van der Waals surface area (Å²) in [5, 5.41) is 62.6. The number of rotatable bonds is 16. The van der Waals surface area contributed by atoms with Crippen molar-refractivity contribution < 1.29 is 212 Å². The Bertz CT molecular complexity index is 1080. The standard InChI is InChI=1S/2C12H13NO7.12H2O.2Tb/c2*14-10(15)5-13(6-11(16)17)8-1-3-9(4-2-8)20-7-12(18)19;;;;;;;;;;;;;;/h2*1-4H,5-7H2,(H,14,15)(H,16,17)(H,18,19);12*1H2;;/q;;;;;;;;;;;;;;2*+3/p+4. The Labute approximate surface area is 365 Å². The smallest absolute Gasteiger partial charge is 0.548 e. The van der Waals surface area contributed by atoms with E-state index in [2.05, 4.69) is 0 Å². The molecule has 0 aromatic heterocycles. The molecule has 0 atom stereocenters. The molecule has 28 nitrogen and oxygen atoms in total. The maximum absolute atomic E-state index is 10.5. The molecule has 34 N–H and O–H groups in total. The zero-order chi connectivity index (χ0) is 30.2. The maximum Gasteiger partial charge on any atom is 3.00 e. The van der Waals surface area contributed by atoms with Crippen molar-refractivity contribution in [2.24, 2.45) is 0 Å². The molecule has 0 aliphatic carbocycles. The predicted molar refractivity (Wildman–Crippen MR) is 174 cm³/mol. The van der Waals surface area contributed by atoms with Gasteiger partial charge in [0.05, 0.1) is 62.0 Å². The first kappa shape index (κ1) is 92.9. The fourth-order valence-corrected chi connectivity index (χ4v) is 2.89. The topological polar surface area (TPSA) is 659 Å². The molecule has 324 valence electrons. The SMILES string of the molecule is O.O.O=C([O-])COc1ccc(N(CC(=O)[O-])CC(=O)[O-])cc1.O=C([O-])COc1ccc(N(CC(=O)[O-])CC(=O)[O-])cc1.[OH3+].[OH3+].[OH3+].[OH3+].[OH3+].[OH3+].[OH3+].[OH3+].[OH3+].[OH3+].[Tb+3].[Tb+3]. The van der Waals surface area contributed by atoms with Gasteiger partial charge in [0.25, 0.3) is 0 Å². The van der Waals surface area contributed by atoms with Crippen molar-refractivity contribution in [2.45, 2.75) is 0 Å². The van der Waals surface area contributed by atoms with Gasteiger partial charge in [-0.25, -0.2) is 0 Å². The monoisotopic (exact) mass is 1100 g/mol. The molecular formula is C24H54N2O26Tb2+10. The molecule has 0 aliphatic heterocycles. The van der Waals surface area contributed by atoms with Gasteiger partial charge in [-0.05, 0) is 48.5 Å². The van der Waals surface area contributed by atoms with E-state index in [1.165, 1.54) is 48.5 Å². The van der Waals surface area contributed by atoms with Crippen LogP contribution in [0.15, 0.2) is 48.5 Å². The fourth-order valence-electron chi connectivity index (χ4n) is 2.89. The van der Waals surface area contributed by atoms with Gasteiger partial charge in [0.2, 0.25) is 0 Å². The second kappa shape index (κ2) is 49.6. The maximum atomic E-state index is 10.5. The molecule has 0 saturated heterocycles. The van der Waals surface area contributed by atoms with Crippen molar-refractivity contribution in [3.8, 4) is 11.5 Å². The Hall–Kier alpha value is -3.45. The van der Waals surface area contributed by atoms with Crippen molar-refractivity contribution in [1.82, 2.24) is 0 Å². The fraction of sp³-hybridized carbons (Fsp3) is 0.250. The van der Waals surface area contributed by atoms with E-state index in [-0.39, 0.29) is 154 Å². The summed E-state index contributed by atoms with van der Waals surface area (Å²) in [5.41, 5.74) is 0.582. The van der Waals surface area contributed by atoms with E-state index in [0.29, 0.717) is 11.4 Å². The molecule has 54 heavy (non-hydrogen) atoms. The Morgan fingerprint density at radius 2 is 0.574 bits per heavy atom. The van der Waals surface area contributed by atoms with Crippen molar-refractivity contribution in [1.29, 1.82) is 0 Å². The third-order valence-electron chi connectivity index (χ3n) is 4.40. The van der Waals surface area contributed by atoms with Crippen molar-refractivity contribution >= 4 is 47.2 Å². The number of ether oxygens (including phenoxy) is 2. The van der Waals surface area contributed by atoms with Gasteiger partial charge in [-0.2, -0.15) is 0 Å². The largest absolute Gasteiger partial charge is 3.00 e. The molecule has 0 spiro atoms. The van der Waals surface area contributed by atoms with E-state index >= 15 is 0 Å². The van der Waals surface area contributed by atoms with Gasteiger partial charge in [-0.3, -0.25) is 0 Å². The summed E-state index contributed by atoms with van der Waals surface area (Å²) in [4.78, 5) is 64.6. The Morgan fingerprint density at radius 3 is 0.722 bits per heavy atom. The number of carbonyl (C=O) groups excluding carboxylic acids is 6. The first-order valence-corrected chi connectivity index (χ1v) is 10.9. The Kier molecular flexibility index (Phi) is 85.3. The van der Waals surface area contributed by atoms with E-state index in [4.69, 9.17) is 9.47 Å². The van der Waals surface area contributed by atoms with Crippen LogP contribution in [0.3, 0.4) is 0 Å². The summed E-state index contributed by atoms with van der Waals surface area (Å²) in [7, 11) is 0. The third kappa shape index (κ3) is 43.0. The summed E-state index contributed by atoms with van der Waals surface area (Å²) >= 11 is 0. The number of carboxylic acids is 6. The van der Waals surface area contributed by atoms with Gasteiger partial charge in [0.1, 0.15) is 24.7 Å². The van der Waals surface area contributed by atoms with Gasteiger partial charge in [0, 0.05) is 11.4 Å². The van der Waals surface area contributed by atoms with Crippen LogP contribution in [-0.2, 0) is 83.5 Å². The summed E-state index contributed by atoms with van der Waals surface area (Å²) in [6, 6.07) is 11.0. The van der Waals surface area contributed by atoms with E-state index in [9.17, 15) is 59.4 Å². The second-order valence-electron chi connectivity index (χ2n) is 7.51. The van der Waals surface area contributed by atoms with Gasteiger partial charge in [0.15, 0.2) is 0 Å². The molecule has 2 aromatic rings. The molecule has 0 amide bonds. The summed E-state index contributed by atoms with van der Waals surface area (Å²) in [6.45, 7) is -3.72. The first-order chi connectivity index (χ1) is 18.8. The number of aliphatic carboxylic acids is 6. The van der Waals surface area contributed by atoms with Crippen LogP contribution < -0.4 is 49.9 Å². The van der Waals surface area contributed by atoms with Crippen molar-refractivity contribution in [3.05, 3.63) is 48.5 Å². The molecule has 0 unspecified atom stereocenters. The number of hydrogen-bond acceptors (Lipinski definition) is 16. The number of nitrogens with zero attached hydrogens (tertiary/aromatic N) is 2. The summed E-state index contributed by atoms with van der Waals surface area (Å²) < 4.78 is 9.65. The van der Waals surface area contributed by atoms with Crippen LogP contribution in [0.1, 0.15) is 0 Å². The number of hydrogen-bond donors (Lipinski definition) is 0. The van der Waals surface area contributed by atoms with Gasteiger partial charge < -0.3 is 144 Å². The zero-order valence-electron chi connectivity index (χ0n) is 27.9. The van der Waals surface area contributed by atoms with Crippen LogP contribution >= 0.6 is 0 Å². The predicted octanol–water partition coefficient (Wildman–Crippen LogP) is -18.6. The molecule has 2 aromatic carbocycles. The average molecular weight is 1100 g/mol. The number of benzene rings is 2. The minimum Gasteiger partial charge on any atom is -0.548 e. The van der Waals surface area contributed by atoms with Crippen LogP contribution in [0.2, 0.25) is 0 Å². The van der Waals surface area contributed by atoms with Gasteiger partial charge >= 0.3 is 77.2 Å². The molecule has 2 rings (SSSR count). The molecule has 0 aliphatic rings. The van der Waals surface area contributed by atoms with Crippen LogP contribution in [0, 0.1) is 77.2 Å². The van der Waals surface area contributed by atoms with Gasteiger partial charge in [-0.1, -0.05) is 0 Å². The van der Waals surface area contributed by atoms with Crippen LogP contribution in [-0.4, -0.2) is 86.2 Å². The summed E-state index contributed by atoms with van der Waals surface area (Å²) in [6.07, 6.45) is 0. The van der Waals surface area contributed by atoms with Gasteiger partial charge in [-0.15, -0.1) is 0 Å². The number of carbonyl (C=O) groups is 6. The molecule has 30 heteroatoms. The van der Waals surface area contributed by atoms with E-state index < -0.39 is 75.2 Å². The average Bonchev–Trinajstić information content (AvgIpc) is 2.85. The minimum atomic E-state index is -1.44. The van der Waals surface area contributed by atoms with E-state index in [1.807, 2.05) is 0 Å². The minimum absolute atomic E-state index is 0. The second-order valence-corrected chi connectivity index (χ2v) is 7.51. The molecule has 0 fully saturated rings. The van der Waals surface area contributed by atoms with Crippen LogP contribution in [0.4, 0.5) is 11.4 Å². The van der Waals surface area contributed by atoms with Crippen LogP contribution in [0.25, 0.3) is 0 Å². The molecule has 0 heterocycles. The molecule has 0 bridgehead atoms. The van der Waals surface area contributed by atoms with Crippen molar-refractivity contribution in [3.63, 3.8) is 0 Å². The number of anilines is 2. The third-order valence-corrected chi connectivity index (χ3v) is 4.40. The van der Waals surface area contributed by atoms with Crippen molar-refractivity contribution in [2.75, 3.05) is 49.2 Å². The van der Waals surface area contributed by atoms with E-state index in [1.54, 1.807) is 0 Å². The number of carboxylic acid groups (broad SMARTS) is 6. The molecule has 0 saturated carbocycles. The van der Waals surface area contributed by atoms with Crippen LogP contribution in [0.5, 0.6) is 11.5 Å². The Morgan fingerprint density at radius 1 is 0.389 bits per heavy atom. The Balaban J connectivity index is -0.0000000392. The van der Waals surface area contributed by atoms with E-state index in [0.717, 1.165) is 9.80 Å². The summed E-state index contributed by atoms with van der Waals surface area (Å²) in [5.74, 6) is -8.09. The molecular weight excluding hydrogens is 1050 g/mol. The quantitative estimate of drug-likeness (QED) is 0.141. The first-order valence-electron chi connectivity index (χ1n) is 10.9. The molecule has 0 radical (unpaired) electrons.